The van der Waals surface area contributed by atoms with Crippen molar-refractivity contribution in [3.63, 3.8) is 0 Å². The van der Waals surface area contributed by atoms with Crippen LogP contribution in [0.15, 0.2) is 24.3 Å². The Bertz CT molecular complexity index is 617. The van der Waals surface area contributed by atoms with Gasteiger partial charge in [-0.25, -0.2) is 0 Å². The maximum absolute atomic E-state index is 12.5. The number of hydrogen-bond acceptors (Lipinski definition) is 3. The Balaban J connectivity index is 1.72. The summed E-state index contributed by atoms with van der Waals surface area (Å²) in [5, 5.41) is 0. The maximum Gasteiger partial charge on any atom is 0.471 e. The Morgan fingerprint density at radius 1 is 1.04 bits per heavy atom. The second-order valence-corrected chi connectivity index (χ2v) is 6.29. The monoisotopic (exact) mass is 372 g/mol. The summed E-state index contributed by atoms with van der Waals surface area (Å²) >= 11 is 0. The molecule has 2 amide bonds. The van der Waals surface area contributed by atoms with E-state index < -0.39 is 12.1 Å². The molecular formula is C18H23F3N2O3. The van der Waals surface area contributed by atoms with Crippen molar-refractivity contribution in [3.05, 3.63) is 29.8 Å². The van der Waals surface area contributed by atoms with Crippen molar-refractivity contribution >= 4 is 11.8 Å². The first-order chi connectivity index (χ1) is 12.3. The topological polar surface area (TPSA) is 49.9 Å². The summed E-state index contributed by atoms with van der Waals surface area (Å²) < 4.78 is 43.1. The third-order valence-corrected chi connectivity index (χ3v) is 4.20. The van der Waals surface area contributed by atoms with Gasteiger partial charge in [-0.1, -0.05) is 17.7 Å². The predicted molar refractivity (Wildman–Crippen MR) is 89.7 cm³/mol. The van der Waals surface area contributed by atoms with Gasteiger partial charge < -0.3 is 14.5 Å². The van der Waals surface area contributed by atoms with Gasteiger partial charge in [0.1, 0.15) is 5.75 Å². The van der Waals surface area contributed by atoms with Crippen LogP contribution >= 0.6 is 0 Å². The number of benzene rings is 1. The average molecular weight is 372 g/mol. The molecule has 0 saturated carbocycles. The van der Waals surface area contributed by atoms with Gasteiger partial charge in [0, 0.05) is 32.6 Å². The number of halogens is 3. The third kappa shape index (κ3) is 5.93. The highest BCUT2D eigenvalue weighted by Crippen LogP contribution is 2.20. The molecule has 1 aliphatic rings. The van der Waals surface area contributed by atoms with E-state index in [-0.39, 0.29) is 32.0 Å². The van der Waals surface area contributed by atoms with E-state index in [2.05, 4.69) is 0 Å². The first kappa shape index (κ1) is 20.1. The number of carbonyl (C=O) groups is 2. The van der Waals surface area contributed by atoms with Gasteiger partial charge in [-0.3, -0.25) is 9.59 Å². The average Bonchev–Trinajstić information content (AvgIpc) is 2.84. The van der Waals surface area contributed by atoms with Crippen LogP contribution in [-0.2, 0) is 9.59 Å². The minimum Gasteiger partial charge on any atom is -0.494 e. The Morgan fingerprint density at radius 3 is 2.31 bits per heavy atom. The van der Waals surface area contributed by atoms with Gasteiger partial charge in [0.25, 0.3) is 0 Å². The fraction of sp³-hybridized carbons (Fsp3) is 0.556. The molecule has 5 nitrogen and oxygen atoms in total. The predicted octanol–water partition coefficient (Wildman–Crippen LogP) is 2.78. The van der Waals surface area contributed by atoms with Gasteiger partial charge >= 0.3 is 12.1 Å². The quantitative estimate of drug-likeness (QED) is 0.747. The lowest BCUT2D eigenvalue weighted by Crippen LogP contribution is -2.43. The molecule has 144 valence electrons. The Kier molecular flexibility index (Phi) is 6.88. The van der Waals surface area contributed by atoms with E-state index in [1.165, 1.54) is 4.90 Å². The van der Waals surface area contributed by atoms with Crippen LogP contribution in [0, 0.1) is 6.92 Å². The van der Waals surface area contributed by atoms with Gasteiger partial charge in [0.2, 0.25) is 5.91 Å². The normalized spacial score (nSPS) is 15.5. The highest BCUT2D eigenvalue weighted by molar-refractivity contribution is 5.82. The molecule has 0 unspecified atom stereocenters. The third-order valence-electron chi connectivity index (χ3n) is 4.20. The number of alkyl halides is 3. The molecule has 0 N–H and O–H groups in total. The molecule has 0 aromatic heterocycles. The molecule has 2 rings (SSSR count). The highest BCUT2D eigenvalue weighted by Gasteiger charge is 2.42. The van der Waals surface area contributed by atoms with E-state index in [0.717, 1.165) is 16.2 Å². The molecule has 1 saturated heterocycles. The van der Waals surface area contributed by atoms with Crippen molar-refractivity contribution in [3.8, 4) is 5.75 Å². The Morgan fingerprint density at radius 2 is 1.65 bits per heavy atom. The summed E-state index contributed by atoms with van der Waals surface area (Å²) in [7, 11) is 0. The van der Waals surface area contributed by atoms with Gasteiger partial charge in [-0.2, -0.15) is 13.2 Å². The molecule has 0 bridgehead atoms. The van der Waals surface area contributed by atoms with Crippen LogP contribution in [0.3, 0.4) is 0 Å². The van der Waals surface area contributed by atoms with Gasteiger partial charge in [0.05, 0.1) is 6.61 Å². The molecule has 26 heavy (non-hydrogen) atoms. The van der Waals surface area contributed by atoms with Crippen molar-refractivity contribution in [2.75, 3.05) is 32.8 Å². The first-order valence-corrected chi connectivity index (χ1v) is 8.61. The maximum atomic E-state index is 12.5. The van der Waals surface area contributed by atoms with Crippen molar-refractivity contribution in [2.24, 2.45) is 0 Å². The smallest absolute Gasteiger partial charge is 0.471 e. The van der Waals surface area contributed by atoms with Crippen LogP contribution in [0.2, 0.25) is 0 Å². The summed E-state index contributed by atoms with van der Waals surface area (Å²) in [5.41, 5.74) is 1.13. The second-order valence-electron chi connectivity index (χ2n) is 6.29. The number of ether oxygens (including phenoxy) is 1. The van der Waals surface area contributed by atoms with Crippen molar-refractivity contribution < 1.29 is 27.5 Å². The van der Waals surface area contributed by atoms with E-state index in [4.69, 9.17) is 4.74 Å². The van der Waals surface area contributed by atoms with Crippen LogP contribution < -0.4 is 4.74 Å². The summed E-state index contributed by atoms with van der Waals surface area (Å²) in [4.78, 5) is 25.8. The second kappa shape index (κ2) is 8.91. The van der Waals surface area contributed by atoms with Crippen LogP contribution in [0.25, 0.3) is 0 Å². The lowest BCUT2D eigenvalue weighted by molar-refractivity contribution is -0.185. The van der Waals surface area contributed by atoms with Crippen LogP contribution in [-0.4, -0.2) is 60.6 Å². The number of nitrogens with zero attached hydrogens (tertiary/aromatic N) is 2. The highest BCUT2D eigenvalue weighted by atomic mass is 19.4. The number of rotatable bonds is 5. The van der Waals surface area contributed by atoms with Gasteiger partial charge in [0.15, 0.2) is 0 Å². The molecule has 1 heterocycles. The van der Waals surface area contributed by atoms with Crippen LogP contribution in [0.1, 0.15) is 24.8 Å². The lowest BCUT2D eigenvalue weighted by Gasteiger charge is -2.23. The van der Waals surface area contributed by atoms with Crippen molar-refractivity contribution in [1.82, 2.24) is 9.80 Å². The fourth-order valence-corrected chi connectivity index (χ4v) is 2.76. The molecule has 1 aliphatic heterocycles. The van der Waals surface area contributed by atoms with Crippen LogP contribution in [0.5, 0.6) is 5.75 Å². The summed E-state index contributed by atoms with van der Waals surface area (Å²) in [6.45, 7) is 2.77. The van der Waals surface area contributed by atoms with E-state index in [1.807, 2.05) is 31.2 Å². The van der Waals surface area contributed by atoms with E-state index in [0.29, 0.717) is 26.0 Å². The van der Waals surface area contributed by atoms with E-state index in [1.54, 1.807) is 0 Å². The standard InChI is InChI=1S/C18H23F3N2O3/c1-14-5-7-15(8-6-14)26-13-2-4-16(24)22-9-3-10-23(12-11-22)17(25)18(19,20)21/h5-8H,2-4,9-13H2,1H3. The molecule has 0 spiro atoms. The molecule has 8 heteroatoms. The van der Waals surface area contributed by atoms with Crippen LogP contribution in [0.4, 0.5) is 13.2 Å². The zero-order chi connectivity index (χ0) is 19.2. The zero-order valence-corrected chi connectivity index (χ0v) is 14.7. The Labute approximate surface area is 150 Å². The largest absolute Gasteiger partial charge is 0.494 e. The minimum absolute atomic E-state index is 0.0126. The minimum atomic E-state index is -4.87. The fourth-order valence-electron chi connectivity index (χ4n) is 2.76. The number of carbonyl (C=O) groups excluding carboxylic acids is 2. The number of hydrogen-bond donors (Lipinski definition) is 0. The zero-order valence-electron chi connectivity index (χ0n) is 14.7. The molecule has 0 radical (unpaired) electrons. The summed E-state index contributed by atoms with van der Waals surface area (Å²) in [6.07, 6.45) is -3.74. The molecule has 0 aliphatic carbocycles. The molecule has 1 aromatic carbocycles. The van der Waals surface area contributed by atoms with E-state index in [9.17, 15) is 22.8 Å². The van der Waals surface area contributed by atoms with Crippen molar-refractivity contribution in [2.45, 2.75) is 32.4 Å². The number of aryl methyl sites for hydroxylation is 1. The summed E-state index contributed by atoms with van der Waals surface area (Å²) in [5.74, 6) is -1.23. The molecule has 1 fully saturated rings. The molecule has 0 atom stereocenters. The first-order valence-electron chi connectivity index (χ1n) is 8.61. The molecular weight excluding hydrogens is 349 g/mol. The summed E-state index contributed by atoms with van der Waals surface area (Å²) in [6, 6.07) is 7.59. The van der Waals surface area contributed by atoms with Crippen molar-refractivity contribution in [1.29, 1.82) is 0 Å². The lowest BCUT2D eigenvalue weighted by atomic mass is 10.2. The number of amides is 2. The molecule has 1 aromatic rings. The van der Waals surface area contributed by atoms with Gasteiger partial charge in [-0.05, 0) is 31.9 Å². The van der Waals surface area contributed by atoms with Gasteiger partial charge in [-0.15, -0.1) is 0 Å². The Hall–Kier alpha value is -2.25. The van der Waals surface area contributed by atoms with E-state index >= 15 is 0 Å². The SMILES string of the molecule is Cc1ccc(OCCCC(=O)N2CCCN(C(=O)C(F)(F)F)CC2)cc1.